The second kappa shape index (κ2) is 6.08. The van der Waals surface area contributed by atoms with Gasteiger partial charge in [-0.25, -0.2) is 0 Å². The van der Waals surface area contributed by atoms with Crippen molar-refractivity contribution < 1.29 is 19.4 Å². The van der Waals surface area contributed by atoms with Gasteiger partial charge < -0.3 is 14.7 Å². The van der Waals surface area contributed by atoms with E-state index in [0.717, 1.165) is 25.9 Å². The Labute approximate surface area is 137 Å². The number of ether oxygens (including phenoxy) is 1. The standard InChI is InChI=1S/C18H27NO4/c20-17(15(11-1-2-11)12-3-4-12)19-8-5-13(6-9-19)16-14(18(21)22)7-10-23-16/h11-16H,1-10H2,(H,21,22)/t14?,16-/m0/s1. The molecule has 0 spiro atoms. The van der Waals surface area contributed by atoms with Gasteiger partial charge in [-0.15, -0.1) is 0 Å². The van der Waals surface area contributed by atoms with E-state index >= 15 is 0 Å². The fourth-order valence-electron chi connectivity index (χ4n) is 4.70. The first-order valence-corrected chi connectivity index (χ1v) is 9.28. The van der Waals surface area contributed by atoms with E-state index in [1.165, 1.54) is 25.7 Å². The molecule has 5 heteroatoms. The highest BCUT2D eigenvalue weighted by Crippen LogP contribution is 2.50. The highest BCUT2D eigenvalue weighted by Gasteiger charge is 2.48. The van der Waals surface area contributed by atoms with Crippen LogP contribution in [0.2, 0.25) is 0 Å². The number of hydrogen-bond acceptors (Lipinski definition) is 3. The van der Waals surface area contributed by atoms with Gasteiger partial charge in [0.2, 0.25) is 5.91 Å². The Bertz CT molecular complexity index is 465. The molecule has 0 aromatic carbocycles. The van der Waals surface area contributed by atoms with E-state index in [-0.39, 0.29) is 12.0 Å². The van der Waals surface area contributed by atoms with Crippen molar-refractivity contribution in [3.63, 3.8) is 0 Å². The largest absolute Gasteiger partial charge is 0.481 e. The number of hydrogen-bond donors (Lipinski definition) is 1. The lowest BCUT2D eigenvalue weighted by Crippen LogP contribution is -2.46. The maximum Gasteiger partial charge on any atom is 0.309 e. The molecular weight excluding hydrogens is 294 g/mol. The van der Waals surface area contributed by atoms with E-state index in [4.69, 9.17) is 4.74 Å². The second-order valence-electron chi connectivity index (χ2n) is 7.93. The molecule has 23 heavy (non-hydrogen) atoms. The van der Waals surface area contributed by atoms with Crippen LogP contribution in [0, 0.1) is 29.6 Å². The quantitative estimate of drug-likeness (QED) is 0.842. The summed E-state index contributed by atoms with van der Waals surface area (Å²) in [6.07, 6.45) is 7.21. The molecule has 1 amide bonds. The maximum atomic E-state index is 12.9. The molecule has 2 saturated carbocycles. The molecule has 2 aliphatic heterocycles. The molecule has 128 valence electrons. The van der Waals surface area contributed by atoms with Crippen molar-refractivity contribution in [1.29, 1.82) is 0 Å². The smallest absolute Gasteiger partial charge is 0.309 e. The van der Waals surface area contributed by atoms with E-state index in [9.17, 15) is 14.7 Å². The molecule has 1 N–H and O–H groups in total. The first-order chi connectivity index (χ1) is 11.1. The van der Waals surface area contributed by atoms with Gasteiger partial charge in [0.25, 0.3) is 0 Å². The number of nitrogens with zero attached hydrogens (tertiary/aromatic N) is 1. The Morgan fingerprint density at radius 3 is 2.09 bits per heavy atom. The summed E-state index contributed by atoms with van der Waals surface area (Å²) >= 11 is 0. The Kier molecular flexibility index (Phi) is 4.08. The van der Waals surface area contributed by atoms with E-state index in [1.807, 2.05) is 0 Å². The maximum absolute atomic E-state index is 12.9. The van der Waals surface area contributed by atoms with Crippen molar-refractivity contribution in [2.45, 2.75) is 51.0 Å². The fraction of sp³-hybridized carbons (Fsp3) is 0.889. The summed E-state index contributed by atoms with van der Waals surface area (Å²) in [5, 5.41) is 9.32. The number of likely N-dealkylation sites (tertiary alicyclic amines) is 1. The third kappa shape index (κ3) is 3.12. The Balaban J connectivity index is 1.33. The molecule has 5 nitrogen and oxygen atoms in total. The molecule has 4 rings (SSSR count). The van der Waals surface area contributed by atoms with Gasteiger partial charge in [0, 0.05) is 25.6 Å². The van der Waals surface area contributed by atoms with Crippen LogP contribution in [0.4, 0.5) is 0 Å². The summed E-state index contributed by atoms with van der Waals surface area (Å²) in [7, 11) is 0. The molecule has 4 aliphatic rings. The van der Waals surface area contributed by atoms with Crippen LogP contribution in [0.5, 0.6) is 0 Å². The predicted molar refractivity (Wildman–Crippen MR) is 83.7 cm³/mol. The van der Waals surface area contributed by atoms with Crippen molar-refractivity contribution in [1.82, 2.24) is 4.90 Å². The van der Waals surface area contributed by atoms with E-state index in [0.29, 0.717) is 42.6 Å². The van der Waals surface area contributed by atoms with Crippen LogP contribution in [-0.4, -0.2) is 47.7 Å². The average molecular weight is 321 g/mol. The van der Waals surface area contributed by atoms with Gasteiger partial charge in [0.05, 0.1) is 12.0 Å². The monoisotopic (exact) mass is 321 g/mol. The molecule has 2 atom stereocenters. The number of amides is 1. The molecule has 2 aliphatic carbocycles. The first-order valence-electron chi connectivity index (χ1n) is 9.28. The fourth-order valence-corrected chi connectivity index (χ4v) is 4.70. The van der Waals surface area contributed by atoms with Gasteiger partial charge in [0.15, 0.2) is 0 Å². The van der Waals surface area contributed by atoms with Crippen molar-refractivity contribution in [2.24, 2.45) is 29.6 Å². The van der Waals surface area contributed by atoms with Crippen molar-refractivity contribution >= 4 is 11.9 Å². The third-order valence-corrected chi connectivity index (χ3v) is 6.31. The lowest BCUT2D eigenvalue weighted by Gasteiger charge is -2.37. The Morgan fingerprint density at radius 1 is 0.957 bits per heavy atom. The van der Waals surface area contributed by atoms with Crippen LogP contribution in [0.15, 0.2) is 0 Å². The Morgan fingerprint density at radius 2 is 1.57 bits per heavy atom. The number of piperidine rings is 1. The van der Waals surface area contributed by atoms with E-state index < -0.39 is 5.97 Å². The lowest BCUT2D eigenvalue weighted by molar-refractivity contribution is -0.146. The minimum Gasteiger partial charge on any atom is -0.481 e. The first kappa shape index (κ1) is 15.4. The summed E-state index contributed by atoms with van der Waals surface area (Å²) in [6, 6.07) is 0. The number of carboxylic acid groups (broad SMARTS) is 1. The molecule has 0 radical (unpaired) electrons. The number of carbonyl (C=O) groups is 2. The molecule has 2 saturated heterocycles. The average Bonchev–Trinajstić information content (AvgIpc) is 3.48. The van der Waals surface area contributed by atoms with Crippen LogP contribution in [-0.2, 0) is 14.3 Å². The minimum absolute atomic E-state index is 0.146. The number of carbonyl (C=O) groups excluding carboxylic acids is 1. The van der Waals surface area contributed by atoms with Crippen LogP contribution < -0.4 is 0 Å². The topological polar surface area (TPSA) is 66.8 Å². The summed E-state index contributed by atoms with van der Waals surface area (Å²) in [4.78, 5) is 26.3. The highest BCUT2D eigenvalue weighted by molar-refractivity contribution is 5.80. The minimum atomic E-state index is -0.728. The van der Waals surface area contributed by atoms with E-state index in [1.54, 1.807) is 0 Å². The zero-order chi connectivity index (χ0) is 16.0. The van der Waals surface area contributed by atoms with Gasteiger partial charge >= 0.3 is 5.97 Å². The van der Waals surface area contributed by atoms with Gasteiger partial charge in [-0.1, -0.05) is 0 Å². The summed E-state index contributed by atoms with van der Waals surface area (Å²) < 4.78 is 5.72. The third-order valence-electron chi connectivity index (χ3n) is 6.31. The van der Waals surface area contributed by atoms with Crippen molar-refractivity contribution in [3.8, 4) is 0 Å². The molecular formula is C18H27NO4. The summed E-state index contributed by atoms with van der Waals surface area (Å²) in [5.74, 6) is 1.20. The zero-order valence-electron chi connectivity index (χ0n) is 13.7. The second-order valence-corrected chi connectivity index (χ2v) is 7.93. The Hall–Kier alpha value is -1.10. The van der Waals surface area contributed by atoms with Gasteiger partial charge in [0.1, 0.15) is 0 Å². The van der Waals surface area contributed by atoms with Crippen LogP contribution in [0.25, 0.3) is 0 Å². The van der Waals surface area contributed by atoms with Crippen LogP contribution in [0.1, 0.15) is 44.9 Å². The number of aliphatic carboxylic acids is 1. The molecule has 2 heterocycles. The van der Waals surface area contributed by atoms with Gasteiger partial charge in [-0.3, -0.25) is 9.59 Å². The molecule has 0 bridgehead atoms. The summed E-state index contributed by atoms with van der Waals surface area (Å²) in [6.45, 7) is 2.13. The highest BCUT2D eigenvalue weighted by atomic mass is 16.5. The van der Waals surface area contributed by atoms with Crippen molar-refractivity contribution in [2.75, 3.05) is 19.7 Å². The zero-order valence-corrected chi connectivity index (χ0v) is 13.7. The number of carboxylic acids is 1. The van der Waals surface area contributed by atoms with Gasteiger partial charge in [-0.05, 0) is 62.7 Å². The van der Waals surface area contributed by atoms with Crippen molar-refractivity contribution in [3.05, 3.63) is 0 Å². The predicted octanol–water partition coefficient (Wildman–Crippen LogP) is 2.15. The molecule has 0 aromatic heterocycles. The normalized spacial score (nSPS) is 32.5. The SMILES string of the molecule is O=C(O)C1CCO[C@H]1C1CCN(C(=O)C(C2CC2)C2CC2)CC1. The molecule has 4 fully saturated rings. The van der Waals surface area contributed by atoms with E-state index in [2.05, 4.69) is 4.90 Å². The van der Waals surface area contributed by atoms with Gasteiger partial charge in [-0.2, -0.15) is 0 Å². The molecule has 0 aromatic rings. The summed E-state index contributed by atoms with van der Waals surface area (Å²) in [5.41, 5.74) is 0. The number of rotatable bonds is 5. The lowest BCUT2D eigenvalue weighted by atomic mass is 9.83. The molecule has 1 unspecified atom stereocenters. The van der Waals surface area contributed by atoms with Crippen LogP contribution in [0.3, 0.4) is 0 Å². The van der Waals surface area contributed by atoms with Crippen LogP contribution >= 0.6 is 0 Å².